The van der Waals surface area contributed by atoms with Crippen molar-refractivity contribution >= 4 is 29.0 Å². The van der Waals surface area contributed by atoms with E-state index in [0.29, 0.717) is 18.3 Å². The number of nitrogens with one attached hydrogen (secondary N) is 1. The quantitative estimate of drug-likeness (QED) is 0.655. The Hall–Kier alpha value is -2.39. The third kappa shape index (κ3) is 3.88. The molecule has 1 unspecified atom stereocenters. The van der Waals surface area contributed by atoms with E-state index in [9.17, 15) is 4.79 Å². The number of hydrogen-bond donors (Lipinski definition) is 1. The summed E-state index contributed by atoms with van der Waals surface area (Å²) in [6, 6.07) is 11.8. The summed E-state index contributed by atoms with van der Waals surface area (Å²) < 4.78 is 7.35. The molecule has 9 heteroatoms. The summed E-state index contributed by atoms with van der Waals surface area (Å²) in [5, 5.41) is 17.5. The molecule has 1 aliphatic heterocycles. The number of ether oxygens (including phenoxy) is 1. The molecule has 0 fully saturated rings. The minimum atomic E-state index is -0.0395. The van der Waals surface area contributed by atoms with Crippen molar-refractivity contribution in [2.75, 3.05) is 12.4 Å². The van der Waals surface area contributed by atoms with Crippen molar-refractivity contribution in [1.82, 2.24) is 25.5 Å². The Morgan fingerprint density at radius 3 is 3.15 bits per heavy atom. The standard InChI is InChI=1S/C17H17N5O2S2/c23-16(18-14-7-8-24-15-6-2-1-5-13(14)15)11-26-17-19-20-21-22(17)10-12-4-3-9-25-12/h1-6,9,14H,7-8,10-11H2,(H,18,23). The van der Waals surface area contributed by atoms with Crippen molar-refractivity contribution in [2.24, 2.45) is 0 Å². The molecule has 0 aliphatic carbocycles. The van der Waals surface area contributed by atoms with Crippen LogP contribution in [0.15, 0.2) is 46.9 Å². The SMILES string of the molecule is O=C(CSc1nnnn1Cc1cccs1)NC1CCOc2ccccc21. The lowest BCUT2D eigenvalue weighted by atomic mass is 10.0. The molecule has 134 valence electrons. The monoisotopic (exact) mass is 387 g/mol. The zero-order valence-corrected chi connectivity index (χ0v) is 15.5. The average Bonchev–Trinajstić information content (AvgIpc) is 3.33. The molecule has 1 aromatic carbocycles. The summed E-state index contributed by atoms with van der Waals surface area (Å²) in [7, 11) is 0. The number of para-hydroxylation sites is 1. The molecule has 1 amide bonds. The van der Waals surface area contributed by atoms with Gasteiger partial charge in [-0.1, -0.05) is 36.0 Å². The smallest absolute Gasteiger partial charge is 0.230 e. The molecule has 26 heavy (non-hydrogen) atoms. The summed E-state index contributed by atoms with van der Waals surface area (Å²) in [5.74, 6) is 1.07. The number of thiophene rings is 1. The van der Waals surface area contributed by atoms with E-state index in [-0.39, 0.29) is 17.7 Å². The first kappa shape index (κ1) is 17.0. The lowest BCUT2D eigenvalue weighted by Crippen LogP contribution is -2.33. The van der Waals surface area contributed by atoms with Crippen molar-refractivity contribution in [3.63, 3.8) is 0 Å². The number of tetrazole rings is 1. The number of rotatable bonds is 6. The summed E-state index contributed by atoms with van der Waals surface area (Å²) >= 11 is 3.00. The molecule has 1 N–H and O–H groups in total. The third-order valence-corrected chi connectivity index (χ3v) is 5.83. The highest BCUT2D eigenvalue weighted by atomic mass is 32.2. The molecule has 1 atom stereocenters. The second-order valence-electron chi connectivity index (χ2n) is 5.78. The minimum absolute atomic E-state index is 0.0184. The zero-order valence-electron chi connectivity index (χ0n) is 13.9. The van der Waals surface area contributed by atoms with Gasteiger partial charge in [0.25, 0.3) is 0 Å². The van der Waals surface area contributed by atoms with Crippen LogP contribution in [-0.2, 0) is 11.3 Å². The number of nitrogens with zero attached hydrogens (tertiary/aromatic N) is 4. The maximum atomic E-state index is 12.4. The van der Waals surface area contributed by atoms with E-state index in [1.807, 2.05) is 41.8 Å². The van der Waals surface area contributed by atoms with Crippen LogP contribution in [0, 0.1) is 0 Å². The number of fused-ring (bicyclic) bond motifs is 1. The second-order valence-corrected chi connectivity index (χ2v) is 7.76. The predicted molar refractivity (Wildman–Crippen MR) is 99.4 cm³/mol. The lowest BCUT2D eigenvalue weighted by Gasteiger charge is -2.26. The molecule has 4 rings (SSSR count). The average molecular weight is 387 g/mol. The number of carbonyl (C=O) groups is 1. The van der Waals surface area contributed by atoms with Crippen molar-refractivity contribution < 1.29 is 9.53 Å². The van der Waals surface area contributed by atoms with E-state index in [1.54, 1.807) is 16.0 Å². The first-order valence-corrected chi connectivity index (χ1v) is 10.1. The largest absolute Gasteiger partial charge is 0.493 e. The summed E-state index contributed by atoms with van der Waals surface area (Å²) in [4.78, 5) is 13.6. The molecule has 0 saturated carbocycles. The van der Waals surface area contributed by atoms with Crippen LogP contribution in [-0.4, -0.2) is 38.5 Å². The van der Waals surface area contributed by atoms with Crippen LogP contribution in [0.2, 0.25) is 0 Å². The topological polar surface area (TPSA) is 81.9 Å². The van der Waals surface area contributed by atoms with Gasteiger partial charge >= 0.3 is 0 Å². The lowest BCUT2D eigenvalue weighted by molar-refractivity contribution is -0.119. The molecule has 3 heterocycles. The zero-order chi connectivity index (χ0) is 17.8. The molecule has 2 aromatic heterocycles. The van der Waals surface area contributed by atoms with Gasteiger partial charge in [-0.05, 0) is 27.9 Å². The van der Waals surface area contributed by atoms with Gasteiger partial charge in [-0.2, -0.15) is 0 Å². The van der Waals surface area contributed by atoms with Gasteiger partial charge in [0.1, 0.15) is 5.75 Å². The number of thioether (sulfide) groups is 1. The maximum Gasteiger partial charge on any atom is 0.230 e. The van der Waals surface area contributed by atoms with E-state index in [2.05, 4.69) is 20.8 Å². The summed E-state index contributed by atoms with van der Waals surface area (Å²) in [6.07, 6.45) is 0.767. The third-order valence-electron chi connectivity index (χ3n) is 4.01. The van der Waals surface area contributed by atoms with Gasteiger partial charge in [0.15, 0.2) is 0 Å². The fraction of sp³-hybridized carbons (Fsp3) is 0.294. The van der Waals surface area contributed by atoms with Crippen LogP contribution in [0.1, 0.15) is 22.9 Å². The first-order chi connectivity index (χ1) is 12.8. The van der Waals surface area contributed by atoms with Crippen LogP contribution in [0.4, 0.5) is 0 Å². The Kier molecular flexibility index (Phi) is 5.16. The highest BCUT2D eigenvalue weighted by molar-refractivity contribution is 7.99. The van der Waals surface area contributed by atoms with Gasteiger partial charge in [0.05, 0.1) is 24.9 Å². The van der Waals surface area contributed by atoms with Crippen LogP contribution >= 0.6 is 23.1 Å². The fourth-order valence-corrected chi connectivity index (χ4v) is 4.18. The number of hydrogen-bond acceptors (Lipinski definition) is 7. The Labute approximate surface area is 158 Å². The molecule has 0 spiro atoms. The van der Waals surface area contributed by atoms with Crippen LogP contribution in [0.3, 0.4) is 0 Å². The molecular weight excluding hydrogens is 370 g/mol. The Morgan fingerprint density at radius 1 is 1.35 bits per heavy atom. The van der Waals surface area contributed by atoms with Crippen molar-refractivity contribution in [3.05, 3.63) is 52.2 Å². The summed E-state index contributed by atoms with van der Waals surface area (Å²) in [5.41, 5.74) is 1.03. The molecule has 0 saturated heterocycles. The normalized spacial score (nSPS) is 15.9. The highest BCUT2D eigenvalue weighted by Gasteiger charge is 2.22. The number of amides is 1. The molecule has 7 nitrogen and oxygen atoms in total. The van der Waals surface area contributed by atoms with Crippen molar-refractivity contribution in [1.29, 1.82) is 0 Å². The van der Waals surface area contributed by atoms with Crippen LogP contribution in [0.5, 0.6) is 5.75 Å². The first-order valence-electron chi connectivity index (χ1n) is 8.22. The van der Waals surface area contributed by atoms with Crippen LogP contribution in [0.25, 0.3) is 0 Å². The van der Waals surface area contributed by atoms with E-state index in [1.165, 1.54) is 16.6 Å². The molecule has 0 radical (unpaired) electrons. The van der Waals surface area contributed by atoms with Gasteiger partial charge in [0, 0.05) is 16.9 Å². The van der Waals surface area contributed by atoms with E-state index in [4.69, 9.17) is 4.74 Å². The van der Waals surface area contributed by atoms with Crippen molar-refractivity contribution in [3.8, 4) is 5.75 Å². The van der Waals surface area contributed by atoms with Crippen molar-refractivity contribution in [2.45, 2.75) is 24.2 Å². The van der Waals surface area contributed by atoms with Gasteiger partial charge in [0.2, 0.25) is 11.1 Å². The number of benzene rings is 1. The van der Waals surface area contributed by atoms with Gasteiger partial charge < -0.3 is 10.1 Å². The van der Waals surface area contributed by atoms with E-state index in [0.717, 1.165) is 17.7 Å². The Balaban J connectivity index is 1.35. The second kappa shape index (κ2) is 7.88. The van der Waals surface area contributed by atoms with Gasteiger partial charge in [-0.15, -0.1) is 16.4 Å². The Bertz CT molecular complexity index is 881. The molecule has 3 aromatic rings. The molecule has 1 aliphatic rings. The number of carbonyl (C=O) groups excluding carboxylic acids is 1. The number of aromatic nitrogens is 4. The summed E-state index contributed by atoms with van der Waals surface area (Å²) in [6.45, 7) is 1.22. The molecular formula is C17H17N5O2S2. The van der Waals surface area contributed by atoms with Gasteiger partial charge in [-0.25, -0.2) is 4.68 Å². The molecule has 0 bridgehead atoms. The van der Waals surface area contributed by atoms with Crippen LogP contribution < -0.4 is 10.1 Å². The maximum absolute atomic E-state index is 12.4. The Morgan fingerprint density at radius 2 is 2.27 bits per heavy atom. The predicted octanol–water partition coefficient (Wildman–Crippen LogP) is 2.52. The van der Waals surface area contributed by atoms with E-state index < -0.39 is 0 Å². The highest BCUT2D eigenvalue weighted by Crippen LogP contribution is 2.31. The van der Waals surface area contributed by atoms with E-state index >= 15 is 0 Å². The minimum Gasteiger partial charge on any atom is -0.493 e. The van der Waals surface area contributed by atoms with Gasteiger partial charge in [-0.3, -0.25) is 4.79 Å². The fourth-order valence-electron chi connectivity index (χ4n) is 2.81.